The standard InChI is InChI=1S/C8H17NOS/c1-2-7-11-8-9-3-5-10-6-4-9/h2-8H2,1H3. The zero-order valence-corrected chi connectivity index (χ0v) is 8.03. The highest BCUT2D eigenvalue weighted by atomic mass is 32.2. The predicted octanol–water partition coefficient (Wildman–Crippen LogP) is 1.42. The van der Waals surface area contributed by atoms with Gasteiger partial charge in [-0.25, -0.2) is 0 Å². The fourth-order valence-corrected chi connectivity index (χ4v) is 2.00. The van der Waals surface area contributed by atoms with Crippen molar-refractivity contribution in [2.75, 3.05) is 37.9 Å². The summed E-state index contributed by atoms with van der Waals surface area (Å²) in [5.41, 5.74) is 0. The van der Waals surface area contributed by atoms with Crippen LogP contribution in [-0.4, -0.2) is 42.8 Å². The summed E-state index contributed by atoms with van der Waals surface area (Å²) < 4.78 is 5.26. The number of hydrogen-bond acceptors (Lipinski definition) is 3. The molecule has 0 amide bonds. The van der Waals surface area contributed by atoms with Crippen LogP contribution in [0.5, 0.6) is 0 Å². The summed E-state index contributed by atoms with van der Waals surface area (Å²) in [6, 6.07) is 0. The molecule has 1 aliphatic heterocycles. The molecule has 0 bridgehead atoms. The highest BCUT2D eigenvalue weighted by molar-refractivity contribution is 7.99. The number of hydrogen-bond donors (Lipinski definition) is 0. The first-order chi connectivity index (χ1) is 5.43. The maximum Gasteiger partial charge on any atom is 0.0594 e. The van der Waals surface area contributed by atoms with Crippen LogP contribution in [-0.2, 0) is 4.74 Å². The topological polar surface area (TPSA) is 12.5 Å². The van der Waals surface area contributed by atoms with Crippen molar-refractivity contribution in [2.24, 2.45) is 0 Å². The zero-order chi connectivity index (χ0) is 7.94. The van der Waals surface area contributed by atoms with Crippen LogP contribution in [0.25, 0.3) is 0 Å². The van der Waals surface area contributed by atoms with Crippen LogP contribution in [0, 0.1) is 0 Å². The van der Waals surface area contributed by atoms with Gasteiger partial charge in [-0.15, -0.1) is 11.8 Å². The smallest absolute Gasteiger partial charge is 0.0594 e. The lowest BCUT2D eigenvalue weighted by Gasteiger charge is -2.25. The third-order valence-corrected chi connectivity index (χ3v) is 2.97. The minimum absolute atomic E-state index is 0.923. The molecule has 1 heterocycles. The van der Waals surface area contributed by atoms with E-state index in [1.165, 1.54) is 18.1 Å². The summed E-state index contributed by atoms with van der Waals surface area (Å²) in [6.07, 6.45) is 1.29. The van der Waals surface area contributed by atoms with Gasteiger partial charge >= 0.3 is 0 Å². The Morgan fingerprint density at radius 1 is 1.36 bits per heavy atom. The first-order valence-corrected chi connectivity index (χ1v) is 5.47. The molecule has 0 atom stereocenters. The van der Waals surface area contributed by atoms with Gasteiger partial charge in [0.2, 0.25) is 0 Å². The largest absolute Gasteiger partial charge is 0.379 e. The van der Waals surface area contributed by atoms with Crippen molar-refractivity contribution in [3.8, 4) is 0 Å². The van der Waals surface area contributed by atoms with E-state index >= 15 is 0 Å². The van der Waals surface area contributed by atoms with Gasteiger partial charge in [0.15, 0.2) is 0 Å². The second kappa shape index (κ2) is 5.86. The number of thioether (sulfide) groups is 1. The number of nitrogens with zero attached hydrogens (tertiary/aromatic N) is 1. The fourth-order valence-electron chi connectivity index (χ4n) is 1.07. The molecule has 0 aromatic heterocycles. The predicted molar refractivity (Wildman–Crippen MR) is 50.0 cm³/mol. The molecule has 11 heavy (non-hydrogen) atoms. The van der Waals surface area contributed by atoms with E-state index in [1.807, 2.05) is 11.8 Å². The lowest BCUT2D eigenvalue weighted by Crippen LogP contribution is -2.35. The lowest BCUT2D eigenvalue weighted by atomic mass is 10.5. The summed E-state index contributed by atoms with van der Waals surface area (Å²) in [5.74, 6) is 2.48. The van der Waals surface area contributed by atoms with Crippen molar-refractivity contribution in [3.63, 3.8) is 0 Å². The van der Waals surface area contributed by atoms with E-state index < -0.39 is 0 Å². The van der Waals surface area contributed by atoms with Crippen LogP contribution in [0.15, 0.2) is 0 Å². The second-order valence-corrected chi connectivity index (χ2v) is 3.84. The zero-order valence-electron chi connectivity index (χ0n) is 7.21. The molecule has 0 aromatic carbocycles. The Labute approximate surface area is 73.3 Å². The molecule has 0 radical (unpaired) electrons. The van der Waals surface area contributed by atoms with Crippen molar-refractivity contribution >= 4 is 11.8 Å². The minimum atomic E-state index is 0.923. The van der Waals surface area contributed by atoms with E-state index in [0.717, 1.165) is 26.3 Å². The molecule has 1 rings (SSSR count). The van der Waals surface area contributed by atoms with Gasteiger partial charge in [0.1, 0.15) is 0 Å². The molecule has 1 aliphatic rings. The molecule has 0 saturated carbocycles. The molecule has 0 aromatic rings. The summed E-state index contributed by atoms with van der Waals surface area (Å²) in [7, 11) is 0. The van der Waals surface area contributed by atoms with Gasteiger partial charge in [-0.05, 0) is 12.2 Å². The Hall–Kier alpha value is 0.270. The highest BCUT2D eigenvalue weighted by Gasteiger charge is 2.08. The average Bonchev–Trinajstić information content (AvgIpc) is 2.07. The highest BCUT2D eigenvalue weighted by Crippen LogP contribution is 2.07. The molecule has 2 nitrogen and oxygen atoms in total. The van der Waals surface area contributed by atoms with Gasteiger partial charge < -0.3 is 4.74 Å². The summed E-state index contributed by atoms with van der Waals surface area (Å²) >= 11 is 2.03. The molecule has 1 fully saturated rings. The van der Waals surface area contributed by atoms with Gasteiger partial charge in [0.25, 0.3) is 0 Å². The van der Waals surface area contributed by atoms with Crippen molar-refractivity contribution in [2.45, 2.75) is 13.3 Å². The van der Waals surface area contributed by atoms with Gasteiger partial charge in [0.05, 0.1) is 13.2 Å². The van der Waals surface area contributed by atoms with Gasteiger partial charge in [-0.1, -0.05) is 6.92 Å². The van der Waals surface area contributed by atoms with Crippen LogP contribution in [0.1, 0.15) is 13.3 Å². The molecule has 0 N–H and O–H groups in total. The molecule has 0 unspecified atom stereocenters. The van der Waals surface area contributed by atoms with Crippen molar-refractivity contribution in [1.29, 1.82) is 0 Å². The van der Waals surface area contributed by atoms with Crippen LogP contribution < -0.4 is 0 Å². The second-order valence-electron chi connectivity index (χ2n) is 2.77. The summed E-state index contributed by atoms with van der Waals surface area (Å²) in [4.78, 5) is 2.46. The Balaban J connectivity index is 1.96. The molecular formula is C8H17NOS. The Morgan fingerprint density at radius 2 is 2.09 bits per heavy atom. The minimum Gasteiger partial charge on any atom is -0.379 e. The average molecular weight is 175 g/mol. The molecule has 0 aliphatic carbocycles. The maximum atomic E-state index is 5.26. The summed E-state index contributed by atoms with van der Waals surface area (Å²) in [6.45, 7) is 6.32. The molecular weight excluding hydrogens is 158 g/mol. The SMILES string of the molecule is CCCSCN1CCOCC1. The number of ether oxygens (including phenoxy) is 1. The van der Waals surface area contributed by atoms with Crippen molar-refractivity contribution in [3.05, 3.63) is 0 Å². The molecule has 0 spiro atoms. The van der Waals surface area contributed by atoms with E-state index in [0.29, 0.717) is 0 Å². The van der Waals surface area contributed by atoms with E-state index in [4.69, 9.17) is 4.74 Å². The third-order valence-electron chi connectivity index (χ3n) is 1.73. The Morgan fingerprint density at radius 3 is 2.73 bits per heavy atom. The summed E-state index contributed by atoms with van der Waals surface area (Å²) in [5, 5.41) is 0. The van der Waals surface area contributed by atoms with Crippen LogP contribution in [0.3, 0.4) is 0 Å². The monoisotopic (exact) mass is 175 g/mol. The Kier molecular flexibility index (Phi) is 4.99. The first kappa shape index (κ1) is 9.36. The van der Waals surface area contributed by atoms with Crippen molar-refractivity contribution in [1.82, 2.24) is 4.90 Å². The van der Waals surface area contributed by atoms with E-state index in [2.05, 4.69) is 11.8 Å². The van der Waals surface area contributed by atoms with Crippen molar-refractivity contribution < 1.29 is 4.74 Å². The van der Waals surface area contributed by atoms with Crippen LogP contribution >= 0.6 is 11.8 Å². The van der Waals surface area contributed by atoms with E-state index in [-0.39, 0.29) is 0 Å². The first-order valence-electron chi connectivity index (χ1n) is 4.31. The lowest BCUT2D eigenvalue weighted by molar-refractivity contribution is 0.0474. The third kappa shape index (κ3) is 3.99. The van der Waals surface area contributed by atoms with Gasteiger partial charge in [-0.2, -0.15) is 0 Å². The van der Waals surface area contributed by atoms with Gasteiger partial charge in [-0.3, -0.25) is 4.90 Å². The number of morpholine rings is 1. The number of rotatable bonds is 4. The molecule has 3 heteroatoms. The van der Waals surface area contributed by atoms with E-state index in [9.17, 15) is 0 Å². The normalized spacial score (nSPS) is 20.5. The quantitative estimate of drug-likeness (QED) is 0.600. The molecule has 1 saturated heterocycles. The van der Waals surface area contributed by atoms with Gasteiger partial charge in [0, 0.05) is 19.0 Å². The van der Waals surface area contributed by atoms with Crippen LogP contribution in [0.2, 0.25) is 0 Å². The molecule has 66 valence electrons. The Bertz CT molecular complexity index is 94.1. The van der Waals surface area contributed by atoms with Crippen LogP contribution in [0.4, 0.5) is 0 Å². The van der Waals surface area contributed by atoms with E-state index in [1.54, 1.807) is 0 Å². The fraction of sp³-hybridized carbons (Fsp3) is 1.00. The maximum absolute atomic E-state index is 5.26.